The molecule has 2 aromatic heterocycles. The van der Waals surface area contributed by atoms with Crippen LogP contribution < -0.4 is 10.9 Å². The number of nitrogens with one attached hydrogen (secondary N) is 1. The van der Waals surface area contributed by atoms with E-state index in [9.17, 15) is 22.8 Å². The smallest absolute Gasteiger partial charge is 0.344 e. The van der Waals surface area contributed by atoms with Crippen LogP contribution in [0.3, 0.4) is 0 Å². The fourth-order valence-corrected chi connectivity index (χ4v) is 1.81. The lowest BCUT2D eigenvalue weighted by molar-refractivity contribution is -0.141. The summed E-state index contributed by atoms with van der Waals surface area (Å²) in [5.74, 6) is -0.548. The number of alkyl halides is 3. The number of carbonyl (C=O) groups excluding carboxylic acids is 1. The first-order valence-electron chi connectivity index (χ1n) is 6.57. The number of rotatable bonds is 3. The molecule has 0 aliphatic rings. The number of carbonyl (C=O) groups is 1. The zero-order valence-corrected chi connectivity index (χ0v) is 12.3. The molecule has 0 fully saturated rings. The van der Waals surface area contributed by atoms with Gasteiger partial charge in [0.05, 0.1) is 6.04 Å². The lowest BCUT2D eigenvalue weighted by Crippen LogP contribution is -2.30. The lowest BCUT2D eigenvalue weighted by atomic mass is 10.1. The van der Waals surface area contributed by atoms with Gasteiger partial charge in [-0.2, -0.15) is 18.3 Å². The highest BCUT2D eigenvalue weighted by molar-refractivity contribution is 5.92. The first-order chi connectivity index (χ1) is 10.7. The average Bonchev–Trinajstić information content (AvgIpc) is 2.49. The van der Waals surface area contributed by atoms with E-state index in [0.717, 1.165) is 16.9 Å². The molecule has 1 atom stereocenters. The van der Waals surface area contributed by atoms with Crippen molar-refractivity contribution >= 4 is 5.91 Å². The van der Waals surface area contributed by atoms with Crippen LogP contribution in [0.5, 0.6) is 0 Å². The van der Waals surface area contributed by atoms with Crippen LogP contribution in [0.25, 0.3) is 0 Å². The fourth-order valence-electron chi connectivity index (χ4n) is 1.81. The number of hydrogen-bond donors (Lipinski definition) is 1. The summed E-state index contributed by atoms with van der Waals surface area (Å²) in [6.45, 7) is 1.60. The second kappa shape index (κ2) is 6.19. The molecule has 6 nitrogen and oxygen atoms in total. The van der Waals surface area contributed by atoms with Gasteiger partial charge in [-0.1, -0.05) is 6.07 Å². The van der Waals surface area contributed by atoms with Crippen LogP contribution >= 0.6 is 0 Å². The van der Waals surface area contributed by atoms with E-state index in [0.29, 0.717) is 5.56 Å². The summed E-state index contributed by atoms with van der Waals surface area (Å²) in [6, 6.07) is 4.00. The summed E-state index contributed by atoms with van der Waals surface area (Å²) >= 11 is 0. The molecule has 0 spiro atoms. The minimum atomic E-state index is -4.51. The monoisotopic (exact) mass is 326 g/mol. The molecule has 1 amide bonds. The van der Waals surface area contributed by atoms with Crippen molar-refractivity contribution in [3.63, 3.8) is 0 Å². The topological polar surface area (TPSA) is 76.9 Å². The summed E-state index contributed by atoms with van der Waals surface area (Å²) < 4.78 is 38.4. The molecule has 0 bridgehead atoms. The van der Waals surface area contributed by atoms with Crippen molar-refractivity contribution < 1.29 is 18.0 Å². The van der Waals surface area contributed by atoms with Gasteiger partial charge in [-0.05, 0) is 24.6 Å². The van der Waals surface area contributed by atoms with Crippen LogP contribution in [0, 0.1) is 0 Å². The molecule has 0 aromatic carbocycles. The van der Waals surface area contributed by atoms with E-state index in [4.69, 9.17) is 0 Å². The second-order valence-corrected chi connectivity index (χ2v) is 4.85. The molecular weight excluding hydrogens is 313 g/mol. The summed E-state index contributed by atoms with van der Waals surface area (Å²) in [5, 5.41) is 6.37. The van der Waals surface area contributed by atoms with E-state index in [1.54, 1.807) is 6.92 Å². The van der Waals surface area contributed by atoms with Gasteiger partial charge in [0, 0.05) is 19.3 Å². The average molecular weight is 326 g/mol. The van der Waals surface area contributed by atoms with Crippen LogP contribution in [0.4, 0.5) is 13.2 Å². The van der Waals surface area contributed by atoms with E-state index >= 15 is 0 Å². The van der Waals surface area contributed by atoms with Crippen LogP contribution in [0.15, 0.2) is 35.3 Å². The first kappa shape index (κ1) is 16.7. The van der Waals surface area contributed by atoms with E-state index in [-0.39, 0.29) is 11.3 Å². The summed E-state index contributed by atoms with van der Waals surface area (Å²) in [5.41, 5.74) is -0.920. The highest BCUT2D eigenvalue weighted by Gasteiger charge is 2.32. The number of nitrogens with zero attached hydrogens (tertiary/aromatic N) is 3. The number of pyridine rings is 1. The molecule has 2 aromatic rings. The Labute approximate surface area is 129 Å². The van der Waals surface area contributed by atoms with Crippen LogP contribution in [-0.4, -0.2) is 20.7 Å². The van der Waals surface area contributed by atoms with Crippen molar-refractivity contribution in [1.82, 2.24) is 20.1 Å². The minimum absolute atomic E-state index is 0.0267. The Morgan fingerprint density at radius 3 is 2.48 bits per heavy atom. The third kappa shape index (κ3) is 3.93. The molecule has 23 heavy (non-hydrogen) atoms. The van der Waals surface area contributed by atoms with Gasteiger partial charge in [0.2, 0.25) is 0 Å². The molecule has 0 radical (unpaired) electrons. The Morgan fingerprint density at radius 1 is 1.26 bits per heavy atom. The number of aromatic nitrogens is 3. The maximum absolute atomic E-state index is 12.5. The van der Waals surface area contributed by atoms with Crippen LogP contribution in [-0.2, 0) is 13.2 Å². The zero-order chi connectivity index (χ0) is 17.2. The van der Waals surface area contributed by atoms with E-state index in [1.165, 1.54) is 25.2 Å². The predicted octanol–water partition coefficient (Wildman–Crippen LogP) is 1.69. The maximum atomic E-state index is 12.5. The van der Waals surface area contributed by atoms with Crippen molar-refractivity contribution in [3.8, 4) is 0 Å². The third-order valence-corrected chi connectivity index (χ3v) is 3.12. The van der Waals surface area contributed by atoms with Gasteiger partial charge in [-0.3, -0.25) is 14.6 Å². The van der Waals surface area contributed by atoms with Crippen LogP contribution in [0.2, 0.25) is 0 Å². The quantitative estimate of drug-likeness (QED) is 0.931. The number of hydrogen-bond acceptors (Lipinski definition) is 4. The van der Waals surface area contributed by atoms with E-state index in [2.05, 4.69) is 15.4 Å². The Balaban J connectivity index is 2.11. The Morgan fingerprint density at radius 2 is 1.96 bits per heavy atom. The van der Waals surface area contributed by atoms with Gasteiger partial charge in [0.15, 0.2) is 0 Å². The van der Waals surface area contributed by atoms with E-state index in [1.807, 2.05) is 0 Å². The van der Waals surface area contributed by atoms with Crippen LogP contribution in [0.1, 0.15) is 34.7 Å². The van der Waals surface area contributed by atoms with Gasteiger partial charge in [-0.15, -0.1) is 0 Å². The molecule has 1 N–H and O–H groups in total. The van der Waals surface area contributed by atoms with Crippen molar-refractivity contribution in [2.45, 2.75) is 19.1 Å². The zero-order valence-electron chi connectivity index (χ0n) is 12.3. The minimum Gasteiger partial charge on any atom is -0.344 e. The molecule has 122 valence electrons. The standard InChI is InChI=1S/C14H13F3N4O2/c1-8(9-3-5-11(18-7-9)14(15,16)17)19-13(23)10-4-6-12(22)21(2)20-10/h3-8H,1-2H3,(H,19,23)/t8-/m1/s1. The number of amides is 1. The SMILES string of the molecule is C[C@@H](NC(=O)c1ccc(=O)n(C)n1)c1ccc(C(F)(F)F)nc1. The predicted molar refractivity (Wildman–Crippen MR) is 74.6 cm³/mol. The number of aryl methyl sites for hydroxylation is 1. The van der Waals surface area contributed by atoms with Crippen molar-refractivity contribution in [2.24, 2.45) is 7.05 Å². The second-order valence-electron chi connectivity index (χ2n) is 4.85. The molecule has 0 saturated carbocycles. The van der Waals surface area contributed by atoms with E-state index < -0.39 is 23.8 Å². The fraction of sp³-hybridized carbons (Fsp3) is 0.286. The normalized spacial score (nSPS) is 12.7. The molecule has 0 aliphatic heterocycles. The summed E-state index contributed by atoms with van der Waals surface area (Å²) in [7, 11) is 1.41. The van der Waals surface area contributed by atoms with Gasteiger partial charge < -0.3 is 5.32 Å². The molecule has 0 unspecified atom stereocenters. The molecular formula is C14H13F3N4O2. The number of halogens is 3. The molecule has 2 rings (SSSR count). The maximum Gasteiger partial charge on any atom is 0.433 e. The lowest BCUT2D eigenvalue weighted by Gasteiger charge is -2.14. The molecule has 0 aliphatic carbocycles. The highest BCUT2D eigenvalue weighted by Crippen LogP contribution is 2.27. The van der Waals surface area contributed by atoms with Gasteiger partial charge in [0.1, 0.15) is 11.4 Å². The largest absolute Gasteiger partial charge is 0.433 e. The Hall–Kier alpha value is -2.71. The van der Waals surface area contributed by atoms with Crippen molar-refractivity contribution in [2.75, 3.05) is 0 Å². The van der Waals surface area contributed by atoms with Gasteiger partial charge in [0.25, 0.3) is 11.5 Å². The summed E-state index contributed by atoms with van der Waals surface area (Å²) in [4.78, 5) is 26.6. The highest BCUT2D eigenvalue weighted by atomic mass is 19.4. The molecule has 2 heterocycles. The van der Waals surface area contributed by atoms with Crippen molar-refractivity contribution in [3.05, 3.63) is 57.8 Å². The molecule has 0 saturated heterocycles. The van der Waals surface area contributed by atoms with Gasteiger partial charge >= 0.3 is 6.18 Å². The third-order valence-electron chi connectivity index (χ3n) is 3.12. The Bertz CT molecular complexity index is 769. The van der Waals surface area contributed by atoms with Gasteiger partial charge in [-0.25, -0.2) is 4.68 Å². The van der Waals surface area contributed by atoms with Crippen molar-refractivity contribution in [1.29, 1.82) is 0 Å². The summed E-state index contributed by atoms with van der Waals surface area (Å²) in [6.07, 6.45) is -3.45. The molecule has 9 heteroatoms. The first-order valence-corrected chi connectivity index (χ1v) is 6.57. The Kier molecular flexibility index (Phi) is 4.48.